The molecule has 0 saturated heterocycles. The van der Waals surface area contributed by atoms with Crippen molar-refractivity contribution in [2.45, 2.75) is 19.8 Å². The van der Waals surface area contributed by atoms with Gasteiger partial charge in [-0.25, -0.2) is 0 Å². The summed E-state index contributed by atoms with van der Waals surface area (Å²) >= 11 is 0. The number of likely N-dealkylation sites (N-methyl/N-ethyl adjacent to an activating group) is 1. The van der Waals surface area contributed by atoms with E-state index in [-0.39, 0.29) is 18.9 Å². The Morgan fingerprint density at radius 3 is 2.24 bits per heavy atom. The van der Waals surface area contributed by atoms with Crippen molar-refractivity contribution in [1.82, 2.24) is 4.90 Å². The van der Waals surface area contributed by atoms with Crippen molar-refractivity contribution in [3.05, 3.63) is 24.3 Å². The minimum absolute atomic E-state index is 0.201. The lowest BCUT2D eigenvalue weighted by molar-refractivity contribution is -0.143. The number of hydrogen-bond donors (Lipinski definition) is 1. The number of carbonyl (C=O) groups is 2. The summed E-state index contributed by atoms with van der Waals surface area (Å²) in [5, 5.41) is 8.58. The summed E-state index contributed by atoms with van der Waals surface area (Å²) in [6.07, 6.45) is 0.802. The maximum atomic E-state index is 11.6. The SMILES string of the molecule is CCOc1ccc(OCCCC(=O)N(C)CC(=O)O)cc1. The van der Waals surface area contributed by atoms with Crippen molar-refractivity contribution in [3.63, 3.8) is 0 Å². The summed E-state index contributed by atoms with van der Waals surface area (Å²) in [6, 6.07) is 7.27. The molecule has 1 rings (SSSR count). The van der Waals surface area contributed by atoms with E-state index in [4.69, 9.17) is 14.6 Å². The average Bonchev–Trinajstić information content (AvgIpc) is 2.44. The summed E-state index contributed by atoms with van der Waals surface area (Å²) in [6.45, 7) is 2.66. The number of carboxylic acid groups (broad SMARTS) is 1. The highest BCUT2D eigenvalue weighted by atomic mass is 16.5. The van der Waals surface area contributed by atoms with E-state index in [2.05, 4.69) is 0 Å². The van der Waals surface area contributed by atoms with Gasteiger partial charge in [-0.15, -0.1) is 0 Å². The number of aliphatic carboxylic acids is 1. The van der Waals surface area contributed by atoms with Gasteiger partial charge in [-0.05, 0) is 37.6 Å². The second kappa shape index (κ2) is 8.84. The molecule has 1 N–H and O–H groups in total. The Morgan fingerprint density at radius 1 is 1.14 bits per heavy atom. The van der Waals surface area contributed by atoms with Crippen molar-refractivity contribution >= 4 is 11.9 Å². The van der Waals surface area contributed by atoms with Crippen LogP contribution in [-0.4, -0.2) is 48.7 Å². The van der Waals surface area contributed by atoms with Crippen LogP contribution in [0.3, 0.4) is 0 Å². The molecule has 0 fully saturated rings. The fourth-order valence-electron chi connectivity index (χ4n) is 1.69. The molecule has 0 radical (unpaired) electrons. The number of rotatable bonds is 9. The smallest absolute Gasteiger partial charge is 0.323 e. The number of nitrogens with zero attached hydrogens (tertiary/aromatic N) is 1. The van der Waals surface area contributed by atoms with Gasteiger partial charge in [0.25, 0.3) is 0 Å². The molecule has 1 aromatic rings. The van der Waals surface area contributed by atoms with Crippen LogP contribution in [0.25, 0.3) is 0 Å². The third-order valence-corrected chi connectivity index (χ3v) is 2.74. The maximum absolute atomic E-state index is 11.6. The first-order valence-electron chi connectivity index (χ1n) is 6.84. The third kappa shape index (κ3) is 6.65. The molecule has 6 nitrogen and oxygen atoms in total. The Bertz CT molecular complexity index is 458. The lowest BCUT2D eigenvalue weighted by atomic mass is 10.3. The highest BCUT2D eigenvalue weighted by molar-refractivity contribution is 5.80. The monoisotopic (exact) mass is 295 g/mol. The predicted octanol–water partition coefficient (Wildman–Crippen LogP) is 1.79. The Hall–Kier alpha value is -2.24. The second-order valence-corrected chi connectivity index (χ2v) is 4.50. The van der Waals surface area contributed by atoms with Gasteiger partial charge in [0.05, 0.1) is 13.2 Å². The topological polar surface area (TPSA) is 76.1 Å². The largest absolute Gasteiger partial charge is 0.494 e. The molecule has 0 heterocycles. The van der Waals surface area contributed by atoms with Crippen LogP contribution in [0.15, 0.2) is 24.3 Å². The normalized spacial score (nSPS) is 10.0. The van der Waals surface area contributed by atoms with Gasteiger partial charge in [-0.3, -0.25) is 9.59 Å². The van der Waals surface area contributed by atoms with Crippen LogP contribution in [0.2, 0.25) is 0 Å². The van der Waals surface area contributed by atoms with Gasteiger partial charge in [0.2, 0.25) is 5.91 Å². The van der Waals surface area contributed by atoms with Crippen LogP contribution in [0.1, 0.15) is 19.8 Å². The first kappa shape index (κ1) is 16.8. The number of carbonyl (C=O) groups excluding carboxylic acids is 1. The van der Waals surface area contributed by atoms with Crippen molar-refractivity contribution < 1.29 is 24.2 Å². The van der Waals surface area contributed by atoms with E-state index in [9.17, 15) is 9.59 Å². The van der Waals surface area contributed by atoms with Crippen LogP contribution in [-0.2, 0) is 9.59 Å². The molecule has 0 atom stereocenters. The van der Waals surface area contributed by atoms with E-state index in [1.165, 1.54) is 11.9 Å². The maximum Gasteiger partial charge on any atom is 0.323 e. The van der Waals surface area contributed by atoms with Crippen molar-refractivity contribution in [2.24, 2.45) is 0 Å². The summed E-state index contributed by atoms with van der Waals surface area (Å²) in [5.41, 5.74) is 0. The zero-order valence-electron chi connectivity index (χ0n) is 12.4. The molecule has 0 bridgehead atoms. The number of carboxylic acids is 1. The zero-order chi connectivity index (χ0) is 15.7. The van der Waals surface area contributed by atoms with Gasteiger partial charge < -0.3 is 19.5 Å². The Labute approximate surface area is 124 Å². The van der Waals surface area contributed by atoms with Crippen LogP contribution < -0.4 is 9.47 Å². The van der Waals surface area contributed by atoms with E-state index in [0.29, 0.717) is 25.4 Å². The molecule has 0 aliphatic rings. The zero-order valence-corrected chi connectivity index (χ0v) is 12.4. The molecule has 0 aromatic heterocycles. The molecule has 1 amide bonds. The van der Waals surface area contributed by atoms with Crippen LogP contribution in [0.4, 0.5) is 0 Å². The lowest BCUT2D eigenvalue weighted by Gasteiger charge is -2.14. The van der Waals surface area contributed by atoms with Crippen LogP contribution in [0, 0.1) is 0 Å². The van der Waals surface area contributed by atoms with Gasteiger partial charge in [-0.2, -0.15) is 0 Å². The molecular weight excluding hydrogens is 274 g/mol. The lowest BCUT2D eigenvalue weighted by Crippen LogP contribution is -2.31. The van der Waals surface area contributed by atoms with Gasteiger partial charge >= 0.3 is 5.97 Å². The quantitative estimate of drug-likeness (QED) is 0.703. The van der Waals surface area contributed by atoms with Gasteiger partial charge in [0.1, 0.15) is 18.0 Å². The highest BCUT2D eigenvalue weighted by Gasteiger charge is 2.11. The summed E-state index contributed by atoms with van der Waals surface area (Å²) in [5.74, 6) is 0.282. The molecule has 1 aromatic carbocycles. The Morgan fingerprint density at radius 2 is 1.71 bits per heavy atom. The van der Waals surface area contributed by atoms with E-state index < -0.39 is 5.97 Å². The highest BCUT2D eigenvalue weighted by Crippen LogP contribution is 2.17. The van der Waals surface area contributed by atoms with Crippen LogP contribution >= 0.6 is 0 Å². The van der Waals surface area contributed by atoms with Gasteiger partial charge in [0.15, 0.2) is 0 Å². The molecule has 0 aliphatic carbocycles. The summed E-state index contributed by atoms with van der Waals surface area (Å²) in [4.78, 5) is 23.3. The number of benzene rings is 1. The molecule has 6 heteroatoms. The molecule has 0 spiro atoms. The van der Waals surface area contributed by atoms with Crippen molar-refractivity contribution in [2.75, 3.05) is 26.8 Å². The number of ether oxygens (including phenoxy) is 2. The predicted molar refractivity (Wildman–Crippen MR) is 77.6 cm³/mol. The van der Waals surface area contributed by atoms with E-state index in [1.54, 1.807) is 0 Å². The molecular formula is C15H21NO5. The van der Waals surface area contributed by atoms with Gasteiger partial charge in [0, 0.05) is 13.5 Å². The Kier molecular flexibility index (Phi) is 7.08. The van der Waals surface area contributed by atoms with Gasteiger partial charge in [-0.1, -0.05) is 0 Å². The van der Waals surface area contributed by atoms with Crippen molar-refractivity contribution in [1.29, 1.82) is 0 Å². The Balaban J connectivity index is 2.24. The molecule has 0 saturated carbocycles. The first-order valence-corrected chi connectivity index (χ1v) is 6.84. The second-order valence-electron chi connectivity index (χ2n) is 4.50. The summed E-state index contributed by atoms with van der Waals surface area (Å²) in [7, 11) is 1.48. The minimum Gasteiger partial charge on any atom is -0.494 e. The average molecular weight is 295 g/mol. The molecule has 116 valence electrons. The minimum atomic E-state index is -1.02. The summed E-state index contributed by atoms with van der Waals surface area (Å²) < 4.78 is 10.8. The first-order chi connectivity index (χ1) is 10.0. The molecule has 0 unspecified atom stereocenters. The van der Waals surface area contributed by atoms with E-state index >= 15 is 0 Å². The molecule has 0 aliphatic heterocycles. The van der Waals surface area contributed by atoms with Crippen LogP contribution in [0.5, 0.6) is 11.5 Å². The standard InChI is InChI=1S/C15H21NO5/c1-3-20-12-6-8-13(9-7-12)21-10-4-5-14(17)16(2)11-15(18)19/h6-9H,3-5,10-11H2,1-2H3,(H,18,19). The van der Waals surface area contributed by atoms with Crippen molar-refractivity contribution in [3.8, 4) is 11.5 Å². The fraction of sp³-hybridized carbons (Fsp3) is 0.467. The molecule has 21 heavy (non-hydrogen) atoms. The fourth-order valence-corrected chi connectivity index (χ4v) is 1.69. The third-order valence-electron chi connectivity index (χ3n) is 2.74. The number of amides is 1. The van der Waals surface area contributed by atoms with E-state index in [0.717, 1.165) is 5.75 Å². The van der Waals surface area contributed by atoms with E-state index in [1.807, 2.05) is 31.2 Å². The number of hydrogen-bond acceptors (Lipinski definition) is 4.